The number of nitrogens with zero attached hydrogens (tertiary/aromatic N) is 1. The molecule has 2 unspecified atom stereocenters. The SMILES string of the molecule is CC(O)C(NC(=O)CC1(NC(=O)OCC2c3ccccc3-c3ccccc32)CCN(Cc2ccccc2)CC1)C(=O)O. The maximum Gasteiger partial charge on any atom is 0.407 e. The number of ether oxygens (including phenoxy) is 1. The van der Waals surface area contributed by atoms with Gasteiger partial charge in [0.25, 0.3) is 0 Å². The van der Waals surface area contributed by atoms with Crippen molar-refractivity contribution < 1.29 is 29.3 Å². The Morgan fingerprint density at radius 2 is 1.50 bits per heavy atom. The van der Waals surface area contributed by atoms with E-state index in [0.717, 1.165) is 28.8 Å². The van der Waals surface area contributed by atoms with Crippen LogP contribution in [0.4, 0.5) is 4.79 Å². The van der Waals surface area contributed by atoms with Crippen molar-refractivity contribution in [2.24, 2.45) is 0 Å². The Kier molecular flexibility index (Phi) is 8.89. The van der Waals surface area contributed by atoms with Gasteiger partial charge in [-0.2, -0.15) is 0 Å². The van der Waals surface area contributed by atoms with Crippen LogP contribution in [0.15, 0.2) is 78.9 Å². The molecule has 2 aliphatic rings. The number of piperidine rings is 1. The summed E-state index contributed by atoms with van der Waals surface area (Å²) in [6.45, 7) is 3.46. The summed E-state index contributed by atoms with van der Waals surface area (Å²) < 4.78 is 5.80. The number of carbonyl (C=O) groups is 3. The van der Waals surface area contributed by atoms with Crippen molar-refractivity contribution in [3.8, 4) is 11.1 Å². The van der Waals surface area contributed by atoms with Crippen LogP contribution in [-0.2, 0) is 20.9 Å². The van der Waals surface area contributed by atoms with Gasteiger partial charge in [-0.05, 0) is 47.6 Å². The second-order valence-corrected chi connectivity index (χ2v) is 11.3. The van der Waals surface area contributed by atoms with Crippen molar-refractivity contribution in [2.75, 3.05) is 19.7 Å². The number of amides is 2. The molecule has 9 nitrogen and oxygen atoms in total. The van der Waals surface area contributed by atoms with E-state index in [9.17, 15) is 24.6 Å². The highest BCUT2D eigenvalue weighted by atomic mass is 16.5. The summed E-state index contributed by atoms with van der Waals surface area (Å²) in [5.74, 6) is -1.98. The average Bonchev–Trinajstić information content (AvgIpc) is 3.30. The Labute approximate surface area is 245 Å². The zero-order valence-corrected chi connectivity index (χ0v) is 23.7. The lowest BCUT2D eigenvalue weighted by molar-refractivity contribution is -0.145. The molecule has 1 aliphatic carbocycles. The van der Waals surface area contributed by atoms with E-state index in [0.29, 0.717) is 25.9 Å². The van der Waals surface area contributed by atoms with E-state index < -0.39 is 35.7 Å². The van der Waals surface area contributed by atoms with E-state index in [1.807, 2.05) is 42.5 Å². The Morgan fingerprint density at radius 1 is 0.929 bits per heavy atom. The number of aliphatic carboxylic acids is 1. The number of aliphatic hydroxyl groups excluding tert-OH is 1. The van der Waals surface area contributed by atoms with Crippen molar-refractivity contribution in [1.82, 2.24) is 15.5 Å². The maximum absolute atomic E-state index is 13.3. The number of rotatable bonds is 10. The topological polar surface area (TPSA) is 128 Å². The molecular formula is C33H37N3O6. The minimum absolute atomic E-state index is 0.0996. The Balaban J connectivity index is 1.27. The highest BCUT2D eigenvalue weighted by Crippen LogP contribution is 2.44. The Hall–Kier alpha value is -4.21. The quantitative estimate of drug-likeness (QED) is 0.291. The van der Waals surface area contributed by atoms with Gasteiger partial charge in [-0.25, -0.2) is 9.59 Å². The molecule has 1 heterocycles. The minimum Gasteiger partial charge on any atom is -0.480 e. The second kappa shape index (κ2) is 12.8. The van der Waals surface area contributed by atoms with E-state index in [2.05, 4.69) is 51.9 Å². The van der Waals surface area contributed by atoms with Crippen molar-refractivity contribution in [3.63, 3.8) is 0 Å². The first kappa shape index (κ1) is 29.3. The molecule has 9 heteroatoms. The molecule has 3 aromatic carbocycles. The summed E-state index contributed by atoms with van der Waals surface area (Å²) >= 11 is 0. The summed E-state index contributed by atoms with van der Waals surface area (Å²) in [5, 5.41) is 24.7. The predicted octanol–water partition coefficient (Wildman–Crippen LogP) is 3.90. The molecule has 5 rings (SSSR count). The van der Waals surface area contributed by atoms with Gasteiger partial charge in [-0.1, -0.05) is 78.9 Å². The number of hydrogen-bond donors (Lipinski definition) is 4. The first-order chi connectivity index (χ1) is 20.2. The summed E-state index contributed by atoms with van der Waals surface area (Å²) in [5.41, 5.74) is 4.72. The molecule has 0 aromatic heterocycles. The zero-order valence-electron chi connectivity index (χ0n) is 23.7. The normalized spacial score (nSPS) is 17.4. The summed E-state index contributed by atoms with van der Waals surface area (Å²) in [6.07, 6.45) is -1.07. The van der Waals surface area contributed by atoms with Crippen molar-refractivity contribution in [1.29, 1.82) is 0 Å². The summed E-state index contributed by atoms with van der Waals surface area (Å²) in [6, 6.07) is 24.8. The van der Waals surface area contributed by atoms with Crippen LogP contribution in [0, 0.1) is 0 Å². The number of likely N-dealkylation sites (tertiary alicyclic amines) is 1. The standard InChI is InChI=1S/C33H37N3O6/c1-22(37)30(31(39)40)34-29(38)19-33(15-17-36(18-16-33)20-23-9-3-2-4-10-23)35-32(41)42-21-28-26-13-7-5-11-24(26)25-12-6-8-14-27(25)28/h2-14,22,28,30,37H,15-21H2,1H3,(H,34,38)(H,35,41)(H,39,40). The molecule has 1 aliphatic heterocycles. The number of nitrogens with one attached hydrogen (secondary N) is 2. The van der Waals surface area contributed by atoms with Gasteiger partial charge in [0, 0.05) is 32.0 Å². The first-order valence-electron chi connectivity index (χ1n) is 14.3. The van der Waals surface area contributed by atoms with Gasteiger partial charge in [-0.15, -0.1) is 0 Å². The fraction of sp³-hybridized carbons (Fsp3) is 0.364. The predicted molar refractivity (Wildman–Crippen MR) is 158 cm³/mol. The second-order valence-electron chi connectivity index (χ2n) is 11.3. The van der Waals surface area contributed by atoms with Crippen LogP contribution < -0.4 is 10.6 Å². The van der Waals surface area contributed by atoms with Crippen molar-refractivity contribution >= 4 is 18.0 Å². The van der Waals surface area contributed by atoms with E-state index >= 15 is 0 Å². The largest absolute Gasteiger partial charge is 0.480 e. The van der Waals surface area contributed by atoms with Crippen LogP contribution in [0.5, 0.6) is 0 Å². The molecule has 2 atom stereocenters. The average molecular weight is 572 g/mol. The van der Waals surface area contributed by atoms with E-state index in [1.165, 1.54) is 12.5 Å². The fourth-order valence-electron chi connectivity index (χ4n) is 6.10. The smallest absolute Gasteiger partial charge is 0.407 e. The number of hydrogen-bond acceptors (Lipinski definition) is 6. The van der Waals surface area contributed by atoms with Crippen LogP contribution in [0.25, 0.3) is 11.1 Å². The molecule has 2 amide bonds. The molecule has 1 fully saturated rings. The Bertz CT molecular complexity index is 1370. The number of benzene rings is 3. The van der Waals surface area contributed by atoms with Gasteiger partial charge < -0.3 is 25.6 Å². The molecule has 0 radical (unpaired) electrons. The first-order valence-corrected chi connectivity index (χ1v) is 14.3. The molecule has 0 spiro atoms. The highest BCUT2D eigenvalue weighted by molar-refractivity contribution is 5.85. The van der Waals surface area contributed by atoms with Crippen LogP contribution in [-0.4, -0.2) is 70.5 Å². The fourth-order valence-corrected chi connectivity index (χ4v) is 6.10. The van der Waals surface area contributed by atoms with Crippen molar-refractivity contribution in [2.45, 2.75) is 56.3 Å². The number of fused-ring (bicyclic) bond motifs is 3. The molecular weight excluding hydrogens is 534 g/mol. The molecule has 42 heavy (non-hydrogen) atoms. The van der Waals surface area contributed by atoms with Crippen molar-refractivity contribution in [3.05, 3.63) is 95.6 Å². The lowest BCUT2D eigenvalue weighted by Crippen LogP contribution is -2.58. The number of carbonyl (C=O) groups excluding carboxylic acids is 2. The molecule has 1 saturated heterocycles. The van der Waals surface area contributed by atoms with Crippen LogP contribution in [0.3, 0.4) is 0 Å². The minimum atomic E-state index is -1.44. The molecule has 0 bridgehead atoms. The molecule has 4 N–H and O–H groups in total. The number of carboxylic acids is 1. The van der Waals surface area contributed by atoms with Gasteiger partial charge in [-0.3, -0.25) is 9.69 Å². The van der Waals surface area contributed by atoms with Crippen LogP contribution in [0.2, 0.25) is 0 Å². The third-order valence-corrected chi connectivity index (χ3v) is 8.34. The van der Waals surface area contributed by atoms with Gasteiger partial charge in [0.1, 0.15) is 6.61 Å². The van der Waals surface area contributed by atoms with Gasteiger partial charge >= 0.3 is 12.1 Å². The van der Waals surface area contributed by atoms with Gasteiger partial charge in [0.05, 0.1) is 11.6 Å². The zero-order chi connectivity index (χ0) is 29.7. The van der Waals surface area contributed by atoms with E-state index in [1.54, 1.807) is 0 Å². The van der Waals surface area contributed by atoms with Gasteiger partial charge in [0.2, 0.25) is 5.91 Å². The number of carboxylic acid groups (broad SMARTS) is 1. The monoisotopic (exact) mass is 571 g/mol. The molecule has 3 aromatic rings. The number of alkyl carbamates (subject to hydrolysis) is 1. The van der Waals surface area contributed by atoms with Crippen LogP contribution >= 0.6 is 0 Å². The summed E-state index contributed by atoms with van der Waals surface area (Å²) in [4.78, 5) is 40.1. The third kappa shape index (κ3) is 6.64. The van der Waals surface area contributed by atoms with Crippen LogP contribution in [0.1, 0.15) is 48.8 Å². The summed E-state index contributed by atoms with van der Waals surface area (Å²) in [7, 11) is 0. The van der Waals surface area contributed by atoms with E-state index in [-0.39, 0.29) is 18.9 Å². The maximum atomic E-state index is 13.3. The lowest BCUT2D eigenvalue weighted by Gasteiger charge is -2.42. The van der Waals surface area contributed by atoms with Gasteiger partial charge in [0.15, 0.2) is 6.04 Å². The highest BCUT2D eigenvalue weighted by Gasteiger charge is 2.40. The third-order valence-electron chi connectivity index (χ3n) is 8.34. The van der Waals surface area contributed by atoms with E-state index in [4.69, 9.17) is 4.74 Å². The molecule has 220 valence electrons. The molecule has 0 saturated carbocycles. The Morgan fingerprint density at radius 3 is 2.07 bits per heavy atom. The number of aliphatic hydroxyl groups is 1. The lowest BCUT2D eigenvalue weighted by atomic mass is 9.83.